The van der Waals surface area contributed by atoms with Crippen LogP contribution in [0.1, 0.15) is 18.1 Å². The van der Waals surface area contributed by atoms with Crippen molar-refractivity contribution in [1.82, 2.24) is 0 Å². The fourth-order valence-electron chi connectivity index (χ4n) is 2.41. The number of benzene rings is 2. The Bertz CT molecular complexity index is 710. The molecular formula is C17H16O2. The number of hydrogen-bond acceptors (Lipinski definition) is 2. The summed E-state index contributed by atoms with van der Waals surface area (Å²) >= 11 is 0. The first-order valence-corrected chi connectivity index (χ1v) is 6.52. The highest BCUT2D eigenvalue weighted by Gasteiger charge is 2.09. The van der Waals surface area contributed by atoms with Gasteiger partial charge in [0, 0.05) is 10.9 Å². The SMILES string of the molecule is CCc1cccc(-c2cc(CO)cc3ccoc23)c1. The van der Waals surface area contributed by atoms with E-state index >= 15 is 0 Å². The molecule has 0 aliphatic rings. The lowest BCUT2D eigenvalue weighted by Crippen LogP contribution is -1.87. The standard InChI is InChI=1S/C17H16O2/c1-2-12-4-3-5-14(8-12)16-10-13(11-18)9-15-6-7-19-17(15)16/h3-10,18H,2,11H2,1H3. The second kappa shape index (κ2) is 4.90. The summed E-state index contributed by atoms with van der Waals surface area (Å²) in [5.41, 5.74) is 5.26. The third-order valence-electron chi connectivity index (χ3n) is 3.44. The molecule has 2 aromatic carbocycles. The van der Waals surface area contributed by atoms with Crippen molar-refractivity contribution >= 4 is 11.0 Å². The summed E-state index contributed by atoms with van der Waals surface area (Å²) in [6.45, 7) is 2.19. The maximum atomic E-state index is 9.38. The average Bonchev–Trinajstić information content (AvgIpc) is 2.94. The monoisotopic (exact) mass is 252 g/mol. The molecule has 0 fully saturated rings. The summed E-state index contributed by atoms with van der Waals surface area (Å²) in [6, 6.07) is 14.3. The molecule has 0 aliphatic carbocycles. The molecule has 0 saturated carbocycles. The summed E-state index contributed by atoms with van der Waals surface area (Å²) in [7, 11) is 0. The quantitative estimate of drug-likeness (QED) is 0.759. The Morgan fingerprint density at radius 3 is 2.74 bits per heavy atom. The lowest BCUT2D eigenvalue weighted by atomic mass is 9.98. The van der Waals surface area contributed by atoms with Crippen LogP contribution in [0.25, 0.3) is 22.1 Å². The predicted molar refractivity (Wildman–Crippen MR) is 77.0 cm³/mol. The van der Waals surface area contributed by atoms with Gasteiger partial charge in [-0.2, -0.15) is 0 Å². The molecule has 3 rings (SSSR count). The molecule has 1 aromatic heterocycles. The molecule has 0 atom stereocenters. The van der Waals surface area contributed by atoms with Gasteiger partial charge in [-0.15, -0.1) is 0 Å². The minimum absolute atomic E-state index is 0.0432. The van der Waals surface area contributed by atoms with Crippen molar-refractivity contribution in [2.24, 2.45) is 0 Å². The Hall–Kier alpha value is -2.06. The molecule has 0 saturated heterocycles. The normalized spacial score (nSPS) is 11.1. The van der Waals surface area contributed by atoms with Crippen LogP contribution in [0.2, 0.25) is 0 Å². The van der Waals surface area contributed by atoms with E-state index in [2.05, 4.69) is 31.2 Å². The van der Waals surface area contributed by atoms with Gasteiger partial charge in [-0.1, -0.05) is 31.2 Å². The van der Waals surface area contributed by atoms with Gasteiger partial charge >= 0.3 is 0 Å². The van der Waals surface area contributed by atoms with Crippen LogP contribution in [0.15, 0.2) is 53.1 Å². The largest absolute Gasteiger partial charge is 0.464 e. The Morgan fingerprint density at radius 1 is 1.05 bits per heavy atom. The van der Waals surface area contributed by atoms with Crippen molar-refractivity contribution in [2.45, 2.75) is 20.0 Å². The second-order valence-corrected chi connectivity index (χ2v) is 4.69. The summed E-state index contributed by atoms with van der Waals surface area (Å²) < 4.78 is 5.59. The fraction of sp³-hybridized carbons (Fsp3) is 0.176. The Kier molecular flexibility index (Phi) is 3.10. The number of hydrogen-bond donors (Lipinski definition) is 1. The third kappa shape index (κ3) is 2.15. The van der Waals surface area contributed by atoms with E-state index in [0.717, 1.165) is 34.1 Å². The van der Waals surface area contributed by atoms with Crippen molar-refractivity contribution in [3.05, 3.63) is 59.9 Å². The van der Waals surface area contributed by atoms with E-state index in [0.29, 0.717) is 0 Å². The van der Waals surface area contributed by atoms with Crippen molar-refractivity contribution in [3.63, 3.8) is 0 Å². The maximum Gasteiger partial charge on any atom is 0.141 e. The second-order valence-electron chi connectivity index (χ2n) is 4.69. The van der Waals surface area contributed by atoms with Crippen LogP contribution in [0.5, 0.6) is 0 Å². The Morgan fingerprint density at radius 2 is 1.95 bits per heavy atom. The van der Waals surface area contributed by atoms with Gasteiger partial charge in [0.05, 0.1) is 12.9 Å². The van der Waals surface area contributed by atoms with Gasteiger partial charge in [0.15, 0.2) is 0 Å². The molecule has 0 amide bonds. The van der Waals surface area contributed by atoms with E-state index in [1.54, 1.807) is 6.26 Å². The zero-order chi connectivity index (χ0) is 13.2. The molecular weight excluding hydrogens is 236 g/mol. The van der Waals surface area contributed by atoms with Crippen LogP contribution >= 0.6 is 0 Å². The van der Waals surface area contributed by atoms with Crippen LogP contribution in [-0.4, -0.2) is 5.11 Å². The van der Waals surface area contributed by atoms with Gasteiger partial charge in [-0.25, -0.2) is 0 Å². The zero-order valence-corrected chi connectivity index (χ0v) is 10.9. The summed E-state index contributed by atoms with van der Waals surface area (Å²) in [5, 5.41) is 10.4. The number of aryl methyl sites for hydroxylation is 1. The number of rotatable bonds is 3. The van der Waals surface area contributed by atoms with Crippen LogP contribution in [0.4, 0.5) is 0 Å². The summed E-state index contributed by atoms with van der Waals surface area (Å²) in [6.07, 6.45) is 2.70. The summed E-state index contributed by atoms with van der Waals surface area (Å²) in [5.74, 6) is 0. The van der Waals surface area contributed by atoms with Gasteiger partial charge in [0.1, 0.15) is 5.58 Å². The number of aliphatic hydroxyl groups is 1. The van der Waals surface area contributed by atoms with Crippen LogP contribution < -0.4 is 0 Å². The smallest absolute Gasteiger partial charge is 0.141 e. The molecule has 1 heterocycles. The number of furan rings is 1. The van der Waals surface area contributed by atoms with Gasteiger partial charge in [0.25, 0.3) is 0 Å². The van der Waals surface area contributed by atoms with Crippen molar-refractivity contribution in [3.8, 4) is 11.1 Å². The molecule has 0 spiro atoms. The lowest BCUT2D eigenvalue weighted by molar-refractivity contribution is 0.282. The highest BCUT2D eigenvalue weighted by Crippen LogP contribution is 2.31. The molecule has 0 bridgehead atoms. The first kappa shape index (κ1) is 12.0. The first-order chi connectivity index (χ1) is 9.31. The molecule has 0 unspecified atom stereocenters. The van der Waals surface area contributed by atoms with Crippen LogP contribution in [0.3, 0.4) is 0 Å². The minimum atomic E-state index is 0.0432. The minimum Gasteiger partial charge on any atom is -0.464 e. The van der Waals surface area contributed by atoms with E-state index in [9.17, 15) is 5.11 Å². The third-order valence-corrected chi connectivity index (χ3v) is 3.44. The van der Waals surface area contributed by atoms with Gasteiger partial charge in [-0.3, -0.25) is 0 Å². The van der Waals surface area contributed by atoms with Crippen molar-refractivity contribution in [2.75, 3.05) is 0 Å². The molecule has 96 valence electrons. The number of fused-ring (bicyclic) bond motifs is 1. The van der Waals surface area contributed by atoms with Gasteiger partial charge in [-0.05, 0) is 41.3 Å². The van der Waals surface area contributed by atoms with E-state index in [1.807, 2.05) is 18.2 Å². The topological polar surface area (TPSA) is 33.4 Å². The van der Waals surface area contributed by atoms with Crippen LogP contribution in [0, 0.1) is 0 Å². The molecule has 0 radical (unpaired) electrons. The average molecular weight is 252 g/mol. The fourth-order valence-corrected chi connectivity index (χ4v) is 2.41. The van der Waals surface area contributed by atoms with E-state index in [-0.39, 0.29) is 6.61 Å². The lowest BCUT2D eigenvalue weighted by Gasteiger charge is -2.07. The Labute approximate surface area is 112 Å². The molecule has 19 heavy (non-hydrogen) atoms. The van der Waals surface area contributed by atoms with Gasteiger partial charge in [0.2, 0.25) is 0 Å². The van der Waals surface area contributed by atoms with E-state index < -0.39 is 0 Å². The molecule has 0 aliphatic heterocycles. The molecule has 1 N–H and O–H groups in total. The van der Waals surface area contributed by atoms with Gasteiger partial charge < -0.3 is 9.52 Å². The Balaban J connectivity index is 2.24. The maximum absolute atomic E-state index is 9.38. The zero-order valence-electron chi connectivity index (χ0n) is 10.9. The molecule has 2 heteroatoms. The molecule has 3 aromatic rings. The highest BCUT2D eigenvalue weighted by atomic mass is 16.3. The van der Waals surface area contributed by atoms with E-state index in [1.165, 1.54) is 5.56 Å². The molecule has 2 nitrogen and oxygen atoms in total. The number of aliphatic hydroxyl groups excluding tert-OH is 1. The van der Waals surface area contributed by atoms with E-state index in [4.69, 9.17) is 4.42 Å². The first-order valence-electron chi connectivity index (χ1n) is 6.52. The predicted octanol–water partition coefficient (Wildman–Crippen LogP) is 4.15. The van der Waals surface area contributed by atoms with Crippen molar-refractivity contribution < 1.29 is 9.52 Å². The van der Waals surface area contributed by atoms with Crippen LogP contribution in [-0.2, 0) is 13.0 Å². The highest BCUT2D eigenvalue weighted by molar-refractivity contribution is 5.93. The summed E-state index contributed by atoms with van der Waals surface area (Å²) in [4.78, 5) is 0. The van der Waals surface area contributed by atoms with Crippen molar-refractivity contribution in [1.29, 1.82) is 0 Å².